The molecule has 3 heterocycles. The van der Waals surface area contributed by atoms with Gasteiger partial charge in [0.15, 0.2) is 0 Å². The summed E-state index contributed by atoms with van der Waals surface area (Å²) in [6, 6.07) is 8.59. The largest absolute Gasteiger partial charge is 0.347 e. The molecule has 2 aromatic rings. The lowest BCUT2D eigenvalue weighted by atomic mass is 10.1. The molecule has 0 aliphatic carbocycles. The van der Waals surface area contributed by atoms with Gasteiger partial charge in [-0.25, -0.2) is 0 Å². The number of aryl methyl sites for hydroxylation is 1. The van der Waals surface area contributed by atoms with Crippen molar-refractivity contribution in [2.24, 2.45) is 0 Å². The highest BCUT2D eigenvalue weighted by Crippen LogP contribution is 2.31. The quantitative estimate of drug-likeness (QED) is 0.894. The van der Waals surface area contributed by atoms with Crippen molar-refractivity contribution in [2.75, 3.05) is 13.1 Å². The summed E-state index contributed by atoms with van der Waals surface area (Å²) >= 11 is 3.34. The first-order valence-electron chi connectivity index (χ1n) is 7.80. The van der Waals surface area contributed by atoms with Gasteiger partial charge in [0.2, 0.25) is 0 Å². The Morgan fingerprint density at radius 3 is 2.64 bits per heavy atom. The Bertz CT molecular complexity index is 614. The Morgan fingerprint density at radius 1 is 1.27 bits per heavy atom. The van der Waals surface area contributed by atoms with Crippen molar-refractivity contribution in [1.29, 1.82) is 0 Å². The molecule has 5 heteroatoms. The normalized spacial score (nSPS) is 18.3. The molecule has 118 valence electrons. The van der Waals surface area contributed by atoms with Crippen LogP contribution >= 0.6 is 22.7 Å². The lowest BCUT2D eigenvalue weighted by molar-refractivity contribution is 0.0912. The maximum absolute atomic E-state index is 12.4. The molecule has 1 N–H and O–H groups in total. The number of rotatable bonds is 5. The van der Waals surface area contributed by atoms with Gasteiger partial charge in [0.05, 0.1) is 10.9 Å². The van der Waals surface area contributed by atoms with E-state index in [0.29, 0.717) is 0 Å². The van der Waals surface area contributed by atoms with Crippen LogP contribution in [-0.2, 0) is 0 Å². The molecule has 0 radical (unpaired) electrons. The second kappa shape index (κ2) is 6.94. The standard InChI is InChI=1S/C17H22N2OS2/c1-12-7-8-15(22-12)17(20)18-13(2)16(14-6-5-11-21-14)19-9-3-4-10-19/h5-8,11,13,16H,3-4,9-10H2,1-2H3,(H,18,20)/t13-,16+/m1/s1. The monoisotopic (exact) mass is 334 g/mol. The SMILES string of the molecule is Cc1ccc(C(=O)N[C@H](C)[C@@H](c2cccs2)N2CCCC2)s1. The van der Waals surface area contributed by atoms with E-state index in [9.17, 15) is 4.79 Å². The van der Waals surface area contributed by atoms with E-state index in [4.69, 9.17) is 0 Å². The molecule has 0 aromatic carbocycles. The van der Waals surface area contributed by atoms with E-state index in [1.165, 1.54) is 22.6 Å². The van der Waals surface area contributed by atoms with Crippen molar-refractivity contribution in [2.45, 2.75) is 38.8 Å². The fourth-order valence-corrected chi connectivity index (χ4v) is 4.87. The van der Waals surface area contributed by atoms with E-state index < -0.39 is 0 Å². The first kappa shape index (κ1) is 15.7. The van der Waals surface area contributed by atoms with Crippen LogP contribution in [0.5, 0.6) is 0 Å². The van der Waals surface area contributed by atoms with E-state index in [2.05, 4.69) is 34.7 Å². The van der Waals surface area contributed by atoms with E-state index in [-0.39, 0.29) is 18.0 Å². The van der Waals surface area contributed by atoms with Crippen LogP contribution in [0.2, 0.25) is 0 Å². The van der Waals surface area contributed by atoms with E-state index in [1.54, 1.807) is 22.7 Å². The molecule has 1 aliphatic rings. The number of carbonyl (C=O) groups excluding carboxylic acids is 1. The molecular weight excluding hydrogens is 312 g/mol. The zero-order chi connectivity index (χ0) is 15.5. The summed E-state index contributed by atoms with van der Waals surface area (Å²) < 4.78 is 0. The van der Waals surface area contributed by atoms with E-state index >= 15 is 0 Å². The van der Waals surface area contributed by atoms with Crippen molar-refractivity contribution in [3.8, 4) is 0 Å². The van der Waals surface area contributed by atoms with Gasteiger partial charge in [0, 0.05) is 15.8 Å². The van der Waals surface area contributed by atoms with E-state index in [0.717, 1.165) is 18.0 Å². The van der Waals surface area contributed by atoms with Gasteiger partial charge < -0.3 is 5.32 Å². The molecule has 2 aromatic heterocycles. The Morgan fingerprint density at radius 2 is 2.05 bits per heavy atom. The average Bonchev–Trinajstić information content (AvgIpc) is 3.20. The molecule has 3 nitrogen and oxygen atoms in total. The molecule has 1 fully saturated rings. The topological polar surface area (TPSA) is 32.3 Å². The highest BCUT2D eigenvalue weighted by molar-refractivity contribution is 7.14. The third-order valence-electron chi connectivity index (χ3n) is 4.17. The summed E-state index contributed by atoms with van der Waals surface area (Å²) in [5.41, 5.74) is 0. The van der Waals surface area contributed by atoms with Crippen LogP contribution < -0.4 is 5.32 Å². The van der Waals surface area contributed by atoms with Crippen LogP contribution in [0, 0.1) is 6.92 Å². The number of likely N-dealkylation sites (tertiary alicyclic amines) is 1. The second-order valence-corrected chi connectivity index (χ2v) is 8.14. The Labute approximate surface area is 140 Å². The average molecular weight is 335 g/mol. The first-order chi connectivity index (χ1) is 10.6. The van der Waals surface area contributed by atoms with Crippen molar-refractivity contribution >= 4 is 28.6 Å². The molecule has 1 saturated heterocycles. The van der Waals surface area contributed by atoms with Crippen LogP contribution in [0.15, 0.2) is 29.6 Å². The van der Waals surface area contributed by atoms with Crippen molar-refractivity contribution in [1.82, 2.24) is 10.2 Å². The molecule has 0 spiro atoms. The number of nitrogens with zero attached hydrogens (tertiary/aromatic N) is 1. The smallest absolute Gasteiger partial charge is 0.261 e. The number of amides is 1. The molecule has 22 heavy (non-hydrogen) atoms. The zero-order valence-electron chi connectivity index (χ0n) is 13.0. The summed E-state index contributed by atoms with van der Waals surface area (Å²) in [7, 11) is 0. The number of hydrogen-bond donors (Lipinski definition) is 1. The molecule has 2 atom stereocenters. The highest BCUT2D eigenvalue weighted by atomic mass is 32.1. The highest BCUT2D eigenvalue weighted by Gasteiger charge is 2.30. The van der Waals surface area contributed by atoms with Gasteiger partial charge in [-0.3, -0.25) is 9.69 Å². The maximum Gasteiger partial charge on any atom is 0.261 e. The molecule has 0 unspecified atom stereocenters. The predicted octanol–water partition coefficient (Wildman–Crippen LogP) is 4.07. The molecule has 0 saturated carbocycles. The Hall–Kier alpha value is -1.17. The third kappa shape index (κ3) is 3.42. The summed E-state index contributed by atoms with van der Waals surface area (Å²) in [4.78, 5) is 18.3. The van der Waals surface area contributed by atoms with Crippen molar-refractivity contribution in [3.05, 3.63) is 44.3 Å². The van der Waals surface area contributed by atoms with Gasteiger partial charge in [-0.15, -0.1) is 22.7 Å². The predicted molar refractivity (Wildman–Crippen MR) is 93.9 cm³/mol. The summed E-state index contributed by atoms with van der Waals surface area (Å²) in [6.07, 6.45) is 2.51. The van der Waals surface area contributed by atoms with Crippen LogP contribution in [0.4, 0.5) is 0 Å². The molecular formula is C17H22N2OS2. The van der Waals surface area contributed by atoms with Crippen molar-refractivity contribution < 1.29 is 4.79 Å². The zero-order valence-corrected chi connectivity index (χ0v) is 14.7. The minimum atomic E-state index is 0.0475. The number of hydrogen-bond acceptors (Lipinski definition) is 4. The van der Waals surface area contributed by atoms with E-state index in [1.807, 2.05) is 19.1 Å². The van der Waals surface area contributed by atoms with Crippen molar-refractivity contribution in [3.63, 3.8) is 0 Å². The first-order valence-corrected chi connectivity index (χ1v) is 9.49. The molecule has 1 amide bonds. The minimum absolute atomic E-state index is 0.0475. The van der Waals surface area contributed by atoms with Crippen LogP contribution in [0.1, 0.15) is 45.2 Å². The van der Waals surface area contributed by atoms with Crippen LogP contribution in [0.3, 0.4) is 0 Å². The van der Waals surface area contributed by atoms with Gasteiger partial charge >= 0.3 is 0 Å². The fraction of sp³-hybridized carbons (Fsp3) is 0.471. The van der Waals surface area contributed by atoms with Crippen LogP contribution in [-0.4, -0.2) is 29.9 Å². The van der Waals surface area contributed by atoms with Gasteiger partial charge in [-0.1, -0.05) is 6.07 Å². The maximum atomic E-state index is 12.4. The van der Waals surface area contributed by atoms with Gasteiger partial charge in [-0.2, -0.15) is 0 Å². The summed E-state index contributed by atoms with van der Waals surface area (Å²) in [6.45, 7) is 6.41. The van der Waals surface area contributed by atoms with Gasteiger partial charge in [0.1, 0.15) is 0 Å². The van der Waals surface area contributed by atoms with Gasteiger partial charge in [0.25, 0.3) is 5.91 Å². The third-order valence-corrected chi connectivity index (χ3v) is 6.11. The lowest BCUT2D eigenvalue weighted by Gasteiger charge is -2.32. The summed E-state index contributed by atoms with van der Waals surface area (Å²) in [5.74, 6) is 0.0475. The molecule has 1 aliphatic heterocycles. The lowest BCUT2D eigenvalue weighted by Crippen LogP contribution is -2.43. The second-order valence-electron chi connectivity index (χ2n) is 5.88. The molecule has 0 bridgehead atoms. The molecule has 3 rings (SSSR count). The fourth-order valence-electron chi connectivity index (χ4n) is 3.14. The number of thiophene rings is 2. The number of carbonyl (C=O) groups is 1. The summed E-state index contributed by atoms with van der Waals surface area (Å²) in [5, 5.41) is 5.33. The number of nitrogens with one attached hydrogen (secondary N) is 1. The Kier molecular flexibility index (Phi) is 4.96. The van der Waals surface area contributed by atoms with Crippen LogP contribution in [0.25, 0.3) is 0 Å². The Balaban J connectivity index is 1.74. The minimum Gasteiger partial charge on any atom is -0.347 e. The van der Waals surface area contributed by atoms with Gasteiger partial charge in [-0.05, 0) is 63.4 Å².